The fourth-order valence-electron chi connectivity index (χ4n) is 1.22. The number of hydrogen-bond donors (Lipinski definition) is 2. The lowest BCUT2D eigenvalue weighted by molar-refractivity contribution is -0.137. The Labute approximate surface area is 103 Å². The molecule has 1 aromatic carbocycles. The molecule has 0 saturated carbocycles. The van der Waals surface area contributed by atoms with Gasteiger partial charge in [-0.3, -0.25) is 0 Å². The first-order valence-electron chi connectivity index (χ1n) is 4.94. The number of carboxylic acids is 2. The highest BCUT2D eigenvalue weighted by Crippen LogP contribution is 2.29. The zero-order chi connectivity index (χ0) is 13.7. The summed E-state index contributed by atoms with van der Waals surface area (Å²) in [5.41, 5.74) is 0.901. The first kappa shape index (κ1) is 13.6. The SMILES string of the molecule is COc1cc(C)ccc1O/C(=C\C(=O)O)C(=O)O. The van der Waals surface area contributed by atoms with E-state index in [-0.39, 0.29) is 5.75 Å². The third kappa shape index (κ3) is 3.51. The van der Waals surface area contributed by atoms with Crippen molar-refractivity contribution in [1.29, 1.82) is 0 Å². The van der Waals surface area contributed by atoms with Crippen molar-refractivity contribution in [3.63, 3.8) is 0 Å². The van der Waals surface area contributed by atoms with Crippen LogP contribution in [0.25, 0.3) is 0 Å². The van der Waals surface area contributed by atoms with E-state index >= 15 is 0 Å². The minimum absolute atomic E-state index is 0.137. The molecule has 0 saturated heterocycles. The van der Waals surface area contributed by atoms with Gasteiger partial charge < -0.3 is 19.7 Å². The van der Waals surface area contributed by atoms with E-state index in [2.05, 4.69) is 0 Å². The van der Waals surface area contributed by atoms with E-state index in [4.69, 9.17) is 19.7 Å². The van der Waals surface area contributed by atoms with Crippen LogP contribution in [0.5, 0.6) is 11.5 Å². The summed E-state index contributed by atoms with van der Waals surface area (Å²) in [7, 11) is 1.41. The molecule has 0 fully saturated rings. The Kier molecular flexibility index (Phi) is 4.31. The Hall–Kier alpha value is -2.50. The minimum atomic E-state index is -1.47. The summed E-state index contributed by atoms with van der Waals surface area (Å²) in [4.78, 5) is 21.3. The number of aliphatic carboxylic acids is 2. The van der Waals surface area contributed by atoms with E-state index in [1.165, 1.54) is 13.2 Å². The molecular weight excluding hydrogens is 240 g/mol. The van der Waals surface area contributed by atoms with Crippen LogP contribution in [0.4, 0.5) is 0 Å². The highest BCUT2D eigenvalue weighted by molar-refractivity contribution is 5.93. The molecule has 1 aromatic rings. The van der Waals surface area contributed by atoms with Gasteiger partial charge in [0, 0.05) is 0 Å². The lowest BCUT2D eigenvalue weighted by Crippen LogP contribution is -2.10. The van der Waals surface area contributed by atoms with E-state index in [1.807, 2.05) is 6.92 Å². The molecule has 0 heterocycles. The third-order valence-electron chi connectivity index (χ3n) is 2.00. The Morgan fingerprint density at radius 1 is 1.22 bits per heavy atom. The van der Waals surface area contributed by atoms with Gasteiger partial charge in [-0.25, -0.2) is 9.59 Å². The fourth-order valence-corrected chi connectivity index (χ4v) is 1.22. The molecule has 6 heteroatoms. The number of carbonyl (C=O) groups is 2. The molecule has 6 nitrogen and oxygen atoms in total. The molecule has 0 radical (unpaired) electrons. The smallest absolute Gasteiger partial charge is 0.372 e. The van der Waals surface area contributed by atoms with Gasteiger partial charge in [0.05, 0.1) is 13.2 Å². The molecule has 0 aliphatic carbocycles. The van der Waals surface area contributed by atoms with E-state index in [0.717, 1.165) is 5.56 Å². The van der Waals surface area contributed by atoms with Crippen LogP contribution in [0.15, 0.2) is 30.0 Å². The Morgan fingerprint density at radius 3 is 2.39 bits per heavy atom. The monoisotopic (exact) mass is 252 g/mol. The second-order valence-electron chi connectivity index (χ2n) is 3.41. The molecule has 0 unspecified atom stereocenters. The van der Waals surface area contributed by atoms with Crippen molar-refractivity contribution in [1.82, 2.24) is 0 Å². The highest BCUT2D eigenvalue weighted by Gasteiger charge is 2.15. The van der Waals surface area contributed by atoms with Crippen LogP contribution in [-0.2, 0) is 9.59 Å². The molecule has 0 atom stereocenters. The number of aryl methyl sites for hydroxylation is 1. The number of hydrogen-bond acceptors (Lipinski definition) is 4. The van der Waals surface area contributed by atoms with Crippen LogP contribution in [0.2, 0.25) is 0 Å². The first-order chi connectivity index (χ1) is 8.43. The van der Waals surface area contributed by atoms with Gasteiger partial charge in [-0.15, -0.1) is 0 Å². The van der Waals surface area contributed by atoms with Gasteiger partial charge in [0.1, 0.15) is 0 Å². The normalized spacial score (nSPS) is 10.9. The first-order valence-corrected chi connectivity index (χ1v) is 4.94. The van der Waals surface area contributed by atoms with E-state index in [1.54, 1.807) is 12.1 Å². The summed E-state index contributed by atoms with van der Waals surface area (Å²) in [5, 5.41) is 17.3. The van der Waals surface area contributed by atoms with Crippen molar-refractivity contribution in [2.45, 2.75) is 6.92 Å². The zero-order valence-electron chi connectivity index (χ0n) is 9.84. The maximum Gasteiger partial charge on any atom is 0.372 e. The summed E-state index contributed by atoms with van der Waals surface area (Å²) in [6.07, 6.45) is 0.474. The molecule has 2 N–H and O–H groups in total. The van der Waals surface area contributed by atoms with Crippen molar-refractivity contribution < 1.29 is 29.3 Å². The highest BCUT2D eigenvalue weighted by atomic mass is 16.5. The maximum absolute atomic E-state index is 10.8. The van der Waals surface area contributed by atoms with Gasteiger partial charge in [-0.05, 0) is 24.6 Å². The third-order valence-corrected chi connectivity index (χ3v) is 2.00. The van der Waals surface area contributed by atoms with Crippen LogP contribution in [0.3, 0.4) is 0 Å². The number of rotatable bonds is 5. The van der Waals surface area contributed by atoms with Crippen molar-refractivity contribution in [3.8, 4) is 11.5 Å². The lowest BCUT2D eigenvalue weighted by atomic mass is 10.2. The van der Waals surface area contributed by atoms with Crippen molar-refractivity contribution in [3.05, 3.63) is 35.6 Å². The van der Waals surface area contributed by atoms with Crippen LogP contribution in [-0.4, -0.2) is 29.3 Å². The van der Waals surface area contributed by atoms with Crippen molar-refractivity contribution >= 4 is 11.9 Å². The summed E-state index contributed by atoms with van der Waals surface area (Å²) >= 11 is 0. The van der Waals surface area contributed by atoms with E-state index in [0.29, 0.717) is 11.8 Å². The molecule has 96 valence electrons. The molecule has 0 aromatic heterocycles. The minimum Gasteiger partial charge on any atom is -0.493 e. The molecule has 1 rings (SSSR count). The van der Waals surface area contributed by atoms with Gasteiger partial charge >= 0.3 is 11.9 Å². The standard InChI is InChI=1S/C12H12O6/c1-7-3-4-8(9(5-7)17-2)18-10(12(15)16)6-11(13)14/h3-6H,1-2H3,(H,13,14)(H,15,16)/b10-6-. The number of ether oxygens (including phenoxy) is 2. The zero-order valence-corrected chi connectivity index (χ0v) is 9.84. The Balaban J connectivity index is 3.08. The molecular formula is C12H12O6. The average Bonchev–Trinajstić information content (AvgIpc) is 2.29. The van der Waals surface area contributed by atoms with Crippen LogP contribution in [0.1, 0.15) is 5.56 Å². The summed E-state index contributed by atoms with van der Waals surface area (Å²) in [6.45, 7) is 1.83. The summed E-state index contributed by atoms with van der Waals surface area (Å²) in [5.74, 6) is -3.10. The topological polar surface area (TPSA) is 93.1 Å². The molecule has 0 bridgehead atoms. The van der Waals surface area contributed by atoms with Gasteiger partial charge in [0.2, 0.25) is 5.76 Å². The second kappa shape index (κ2) is 5.72. The maximum atomic E-state index is 10.8. The second-order valence-corrected chi connectivity index (χ2v) is 3.41. The molecule has 0 spiro atoms. The quantitative estimate of drug-likeness (QED) is 0.608. The largest absolute Gasteiger partial charge is 0.493 e. The van der Waals surface area contributed by atoms with Gasteiger partial charge in [-0.1, -0.05) is 6.07 Å². The Bertz CT molecular complexity index is 503. The van der Waals surface area contributed by atoms with E-state index < -0.39 is 17.7 Å². The Morgan fingerprint density at radius 2 is 1.89 bits per heavy atom. The van der Waals surface area contributed by atoms with Crippen molar-refractivity contribution in [2.24, 2.45) is 0 Å². The molecule has 18 heavy (non-hydrogen) atoms. The molecule has 0 amide bonds. The van der Waals surface area contributed by atoms with Gasteiger partial charge in [0.15, 0.2) is 11.5 Å². The van der Waals surface area contributed by atoms with Crippen LogP contribution >= 0.6 is 0 Å². The average molecular weight is 252 g/mol. The predicted molar refractivity (Wildman–Crippen MR) is 61.7 cm³/mol. The van der Waals surface area contributed by atoms with E-state index in [9.17, 15) is 9.59 Å². The number of benzene rings is 1. The predicted octanol–water partition coefficient (Wildman–Crippen LogP) is 1.44. The molecule has 0 aliphatic heterocycles. The van der Waals surface area contributed by atoms with Gasteiger partial charge in [-0.2, -0.15) is 0 Å². The van der Waals surface area contributed by atoms with Crippen LogP contribution < -0.4 is 9.47 Å². The van der Waals surface area contributed by atoms with Crippen molar-refractivity contribution in [2.75, 3.05) is 7.11 Å². The fraction of sp³-hybridized carbons (Fsp3) is 0.167. The summed E-state index contributed by atoms with van der Waals surface area (Å²) in [6, 6.07) is 4.85. The lowest BCUT2D eigenvalue weighted by Gasteiger charge is -2.10. The molecule has 0 aliphatic rings. The van der Waals surface area contributed by atoms with Gasteiger partial charge in [0.25, 0.3) is 0 Å². The van der Waals surface area contributed by atoms with Crippen LogP contribution in [0, 0.1) is 6.92 Å². The number of carboxylic acid groups (broad SMARTS) is 2. The number of methoxy groups -OCH3 is 1. The summed E-state index contributed by atoms with van der Waals surface area (Å²) < 4.78 is 10.0.